The highest BCUT2D eigenvalue weighted by Gasteiger charge is 2.51. The summed E-state index contributed by atoms with van der Waals surface area (Å²) in [6, 6.07) is 7.03. The Morgan fingerprint density at radius 3 is 2.63 bits per heavy atom. The highest BCUT2D eigenvalue weighted by atomic mass is 16.5. The van der Waals surface area contributed by atoms with Crippen molar-refractivity contribution in [3.8, 4) is 5.75 Å². The Hall–Kier alpha value is -1.02. The molecule has 0 aromatic heterocycles. The molecule has 0 heterocycles. The first-order valence-corrected chi connectivity index (χ1v) is 7.48. The Bertz CT molecular complexity index is 443. The zero-order chi connectivity index (χ0) is 14.0. The van der Waals surface area contributed by atoms with Gasteiger partial charge in [-0.3, -0.25) is 0 Å². The first-order chi connectivity index (χ1) is 9.01. The van der Waals surface area contributed by atoms with Gasteiger partial charge in [0, 0.05) is 17.9 Å². The van der Waals surface area contributed by atoms with Crippen molar-refractivity contribution < 1.29 is 4.74 Å². The fourth-order valence-electron chi connectivity index (χ4n) is 3.12. The van der Waals surface area contributed by atoms with Crippen LogP contribution >= 0.6 is 0 Å². The van der Waals surface area contributed by atoms with Gasteiger partial charge in [0.1, 0.15) is 11.9 Å². The van der Waals surface area contributed by atoms with Gasteiger partial charge in [0.15, 0.2) is 0 Å². The second-order valence-corrected chi connectivity index (χ2v) is 6.08. The molecule has 0 spiro atoms. The number of rotatable bonds is 5. The predicted molar refractivity (Wildman–Crippen MR) is 80.8 cm³/mol. The number of hydrogen-bond donors (Lipinski definition) is 1. The topological polar surface area (TPSA) is 21.3 Å². The Labute approximate surface area is 117 Å². The van der Waals surface area contributed by atoms with Crippen LogP contribution in [0.15, 0.2) is 18.2 Å². The second kappa shape index (κ2) is 5.54. The van der Waals surface area contributed by atoms with Gasteiger partial charge >= 0.3 is 0 Å². The monoisotopic (exact) mass is 261 g/mol. The van der Waals surface area contributed by atoms with Gasteiger partial charge in [-0.2, -0.15) is 0 Å². The average Bonchev–Trinajstić information content (AvgIpc) is 2.39. The van der Waals surface area contributed by atoms with Gasteiger partial charge in [-0.05, 0) is 38.4 Å². The van der Waals surface area contributed by atoms with Crippen LogP contribution in [-0.4, -0.2) is 18.7 Å². The van der Waals surface area contributed by atoms with Gasteiger partial charge in [0.25, 0.3) is 0 Å². The summed E-state index contributed by atoms with van der Waals surface area (Å²) in [5, 5.41) is 3.58. The molecule has 1 saturated carbocycles. The van der Waals surface area contributed by atoms with Crippen LogP contribution in [0.1, 0.15) is 44.7 Å². The van der Waals surface area contributed by atoms with Crippen molar-refractivity contribution in [3.05, 3.63) is 29.3 Å². The van der Waals surface area contributed by atoms with Gasteiger partial charge in [-0.1, -0.05) is 38.5 Å². The molecule has 3 atom stereocenters. The van der Waals surface area contributed by atoms with E-state index in [1.807, 2.05) is 0 Å². The molecule has 1 aromatic carbocycles. The highest BCUT2D eigenvalue weighted by molar-refractivity contribution is 5.36. The van der Waals surface area contributed by atoms with E-state index >= 15 is 0 Å². The van der Waals surface area contributed by atoms with E-state index in [0.717, 1.165) is 25.1 Å². The molecule has 1 aliphatic rings. The zero-order valence-corrected chi connectivity index (χ0v) is 12.9. The van der Waals surface area contributed by atoms with Gasteiger partial charge in [0.05, 0.1) is 0 Å². The maximum Gasteiger partial charge on any atom is 0.122 e. The summed E-state index contributed by atoms with van der Waals surface area (Å²) in [6.45, 7) is 12.1. The van der Waals surface area contributed by atoms with Crippen molar-refractivity contribution in [2.45, 2.75) is 59.6 Å². The van der Waals surface area contributed by atoms with Crippen molar-refractivity contribution in [3.63, 3.8) is 0 Å². The molecule has 2 nitrogen and oxygen atoms in total. The van der Waals surface area contributed by atoms with Crippen LogP contribution in [-0.2, 0) is 0 Å². The lowest BCUT2D eigenvalue weighted by atomic mass is 9.61. The number of nitrogens with one attached hydrogen (secondary N) is 1. The molecule has 1 N–H and O–H groups in total. The fraction of sp³-hybridized carbons (Fsp3) is 0.647. The maximum absolute atomic E-state index is 6.28. The molecule has 0 radical (unpaired) electrons. The molecule has 3 unspecified atom stereocenters. The third-order valence-corrected chi connectivity index (χ3v) is 4.79. The second-order valence-electron chi connectivity index (χ2n) is 6.08. The van der Waals surface area contributed by atoms with E-state index in [4.69, 9.17) is 4.74 Å². The number of aryl methyl sites for hydroxylation is 2. The van der Waals surface area contributed by atoms with Crippen LogP contribution in [0.2, 0.25) is 0 Å². The normalized spacial score (nSPS) is 29.9. The molecular formula is C17H27NO. The van der Waals surface area contributed by atoms with E-state index in [1.165, 1.54) is 11.1 Å². The third-order valence-electron chi connectivity index (χ3n) is 4.79. The minimum Gasteiger partial charge on any atom is -0.489 e. The molecule has 0 aliphatic heterocycles. The summed E-state index contributed by atoms with van der Waals surface area (Å²) in [4.78, 5) is 0. The minimum absolute atomic E-state index is 0.257. The maximum atomic E-state index is 6.28. The molecular weight excluding hydrogens is 234 g/mol. The zero-order valence-electron chi connectivity index (χ0n) is 12.9. The highest BCUT2D eigenvalue weighted by Crippen LogP contribution is 2.46. The average molecular weight is 261 g/mol. The standard InChI is InChI=1S/C17H27NO/c1-6-17(5)15(18-7-2)11-16(17)19-14-9-8-12(3)10-13(14)4/h8-10,15-16,18H,6-7,11H2,1-5H3. The summed E-state index contributed by atoms with van der Waals surface area (Å²) < 4.78 is 6.28. The van der Waals surface area contributed by atoms with Crippen LogP contribution in [0, 0.1) is 19.3 Å². The lowest BCUT2D eigenvalue weighted by molar-refractivity contribution is -0.0699. The van der Waals surface area contributed by atoms with Crippen molar-refractivity contribution in [2.24, 2.45) is 5.41 Å². The predicted octanol–water partition coefficient (Wildman–Crippen LogP) is 3.85. The smallest absolute Gasteiger partial charge is 0.122 e. The van der Waals surface area contributed by atoms with E-state index in [9.17, 15) is 0 Å². The summed E-state index contributed by atoms with van der Waals surface area (Å²) in [7, 11) is 0. The van der Waals surface area contributed by atoms with Gasteiger partial charge in [0.2, 0.25) is 0 Å². The van der Waals surface area contributed by atoms with Crippen molar-refractivity contribution in [1.29, 1.82) is 0 Å². The summed E-state index contributed by atoms with van der Waals surface area (Å²) in [5.74, 6) is 1.05. The third kappa shape index (κ3) is 2.64. The van der Waals surface area contributed by atoms with Crippen LogP contribution in [0.3, 0.4) is 0 Å². The van der Waals surface area contributed by atoms with Gasteiger partial charge in [-0.25, -0.2) is 0 Å². The molecule has 1 aromatic rings. The van der Waals surface area contributed by atoms with Crippen LogP contribution in [0.4, 0.5) is 0 Å². The number of ether oxygens (including phenoxy) is 1. The Balaban J connectivity index is 2.08. The Kier molecular flexibility index (Phi) is 4.19. The summed E-state index contributed by atoms with van der Waals surface area (Å²) in [5.41, 5.74) is 2.79. The fourth-order valence-corrected chi connectivity index (χ4v) is 3.12. The Morgan fingerprint density at radius 1 is 1.32 bits per heavy atom. The molecule has 106 valence electrons. The van der Waals surface area contributed by atoms with E-state index in [-0.39, 0.29) is 5.41 Å². The lowest BCUT2D eigenvalue weighted by Gasteiger charge is -2.53. The van der Waals surface area contributed by atoms with Gasteiger partial charge in [-0.15, -0.1) is 0 Å². The molecule has 2 rings (SSSR count). The molecule has 2 heteroatoms. The molecule has 1 aliphatic carbocycles. The van der Waals surface area contributed by atoms with Crippen molar-refractivity contribution >= 4 is 0 Å². The molecule has 1 fully saturated rings. The van der Waals surface area contributed by atoms with E-state index < -0.39 is 0 Å². The van der Waals surface area contributed by atoms with E-state index in [2.05, 4.69) is 58.1 Å². The Morgan fingerprint density at radius 2 is 2.05 bits per heavy atom. The summed E-state index contributed by atoms with van der Waals surface area (Å²) >= 11 is 0. The molecule has 0 amide bonds. The van der Waals surface area contributed by atoms with Crippen LogP contribution in [0.25, 0.3) is 0 Å². The van der Waals surface area contributed by atoms with Crippen LogP contribution < -0.4 is 10.1 Å². The quantitative estimate of drug-likeness (QED) is 0.869. The van der Waals surface area contributed by atoms with Gasteiger partial charge < -0.3 is 10.1 Å². The van der Waals surface area contributed by atoms with E-state index in [1.54, 1.807) is 0 Å². The molecule has 19 heavy (non-hydrogen) atoms. The first kappa shape index (κ1) is 14.4. The van der Waals surface area contributed by atoms with Crippen molar-refractivity contribution in [2.75, 3.05) is 6.54 Å². The number of benzene rings is 1. The number of hydrogen-bond acceptors (Lipinski definition) is 2. The minimum atomic E-state index is 0.257. The SMILES string of the molecule is CCNC1CC(Oc2ccc(C)cc2C)C1(C)CC. The van der Waals surface area contributed by atoms with Crippen LogP contribution in [0.5, 0.6) is 5.75 Å². The van der Waals surface area contributed by atoms with E-state index in [0.29, 0.717) is 12.1 Å². The largest absolute Gasteiger partial charge is 0.489 e. The molecule has 0 saturated heterocycles. The van der Waals surface area contributed by atoms with Crippen molar-refractivity contribution in [1.82, 2.24) is 5.32 Å². The first-order valence-electron chi connectivity index (χ1n) is 7.48. The molecule has 0 bridgehead atoms. The lowest BCUT2D eigenvalue weighted by Crippen LogP contribution is -2.63. The summed E-state index contributed by atoms with van der Waals surface area (Å²) in [6.07, 6.45) is 2.61.